The average Bonchev–Trinajstić information content (AvgIpc) is 2.56. The topological polar surface area (TPSA) is 49.4 Å². The minimum absolute atomic E-state index is 0. The molecule has 4 nitrogen and oxygen atoms in total. The largest absolute Gasteiger partial charge is 0.313 e. The number of nitrogens with zero attached hydrogens (tertiary/aromatic N) is 1. The van der Waals surface area contributed by atoms with E-state index in [1.165, 1.54) is 0 Å². The van der Waals surface area contributed by atoms with Gasteiger partial charge in [-0.1, -0.05) is 48.0 Å². The van der Waals surface area contributed by atoms with Crippen molar-refractivity contribution in [2.45, 2.75) is 10.9 Å². The highest BCUT2D eigenvalue weighted by molar-refractivity contribution is 7.89. The van der Waals surface area contributed by atoms with Crippen LogP contribution < -0.4 is 5.32 Å². The number of halogens is 2. The molecular weight excluding hydrogens is 355 g/mol. The fourth-order valence-electron chi connectivity index (χ4n) is 2.71. The van der Waals surface area contributed by atoms with Gasteiger partial charge in [-0.05, 0) is 23.8 Å². The fraction of sp³-hybridized carbons (Fsp3) is 0.250. The zero-order valence-electron chi connectivity index (χ0n) is 12.4. The van der Waals surface area contributed by atoms with E-state index in [4.69, 9.17) is 11.6 Å². The van der Waals surface area contributed by atoms with Gasteiger partial charge in [0.2, 0.25) is 10.0 Å². The lowest BCUT2D eigenvalue weighted by atomic mass is 10.1. The maximum absolute atomic E-state index is 12.9. The summed E-state index contributed by atoms with van der Waals surface area (Å²) in [7, 11) is -3.54. The molecule has 124 valence electrons. The molecule has 0 aromatic heterocycles. The van der Waals surface area contributed by atoms with Crippen molar-refractivity contribution in [2.24, 2.45) is 0 Å². The van der Waals surface area contributed by atoms with Crippen LogP contribution in [0, 0.1) is 0 Å². The molecule has 0 radical (unpaired) electrons. The first kappa shape index (κ1) is 18.2. The Labute approximate surface area is 147 Å². The Morgan fingerprint density at radius 1 is 1.04 bits per heavy atom. The first-order valence-corrected chi connectivity index (χ1v) is 8.94. The maximum Gasteiger partial charge on any atom is 0.243 e. The molecule has 1 saturated heterocycles. The molecule has 23 heavy (non-hydrogen) atoms. The molecule has 1 N–H and O–H groups in total. The van der Waals surface area contributed by atoms with E-state index < -0.39 is 10.0 Å². The second-order valence-corrected chi connectivity index (χ2v) is 7.47. The lowest BCUT2D eigenvalue weighted by molar-refractivity contribution is 0.271. The molecule has 0 saturated carbocycles. The highest BCUT2D eigenvalue weighted by atomic mass is 35.5. The SMILES string of the molecule is Cl.O=S(=O)(c1ccccc1)N1CCNCC1c1ccccc1Cl. The summed E-state index contributed by atoms with van der Waals surface area (Å²) in [5.41, 5.74) is 0.830. The Kier molecular flexibility index (Phi) is 6.06. The minimum atomic E-state index is -3.54. The van der Waals surface area contributed by atoms with Gasteiger partial charge in [0.25, 0.3) is 0 Å². The van der Waals surface area contributed by atoms with E-state index in [1.54, 1.807) is 34.6 Å². The molecule has 2 aromatic carbocycles. The number of hydrogen-bond acceptors (Lipinski definition) is 3. The van der Waals surface area contributed by atoms with Crippen LogP contribution in [0.3, 0.4) is 0 Å². The van der Waals surface area contributed by atoms with E-state index in [0.717, 1.165) is 5.56 Å². The highest BCUT2D eigenvalue weighted by Crippen LogP contribution is 2.32. The molecule has 0 amide bonds. The molecule has 2 aromatic rings. The van der Waals surface area contributed by atoms with Crippen LogP contribution in [-0.4, -0.2) is 32.4 Å². The summed E-state index contributed by atoms with van der Waals surface area (Å²) in [6.45, 7) is 1.61. The van der Waals surface area contributed by atoms with E-state index in [2.05, 4.69) is 5.32 Å². The van der Waals surface area contributed by atoms with Gasteiger partial charge < -0.3 is 5.32 Å². The number of nitrogens with one attached hydrogen (secondary N) is 1. The molecule has 0 spiro atoms. The van der Waals surface area contributed by atoms with Crippen LogP contribution in [-0.2, 0) is 10.0 Å². The zero-order chi connectivity index (χ0) is 15.6. The lowest BCUT2D eigenvalue weighted by Gasteiger charge is -2.35. The van der Waals surface area contributed by atoms with Gasteiger partial charge in [-0.3, -0.25) is 0 Å². The van der Waals surface area contributed by atoms with Gasteiger partial charge >= 0.3 is 0 Å². The summed E-state index contributed by atoms with van der Waals surface area (Å²) in [5, 5.41) is 3.84. The Hall–Kier alpha value is -1.11. The predicted molar refractivity (Wildman–Crippen MR) is 94.6 cm³/mol. The average molecular weight is 373 g/mol. The molecule has 7 heteroatoms. The van der Waals surface area contributed by atoms with Crippen molar-refractivity contribution in [3.8, 4) is 0 Å². The molecule has 3 rings (SSSR count). The quantitative estimate of drug-likeness (QED) is 0.900. The summed E-state index contributed by atoms with van der Waals surface area (Å²) in [5.74, 6) is 0. The molecule has 1 aliphatic heterocycles. The third-order valence-corrected chi connectivity index (χ3v) is 6.07. The van der Waals surface area contributed by atoms with Crippen LogP contribution >= 0.6 is 24.0 Å². The van der Waals surface area contributed by atoms with Crippen molar-refractivity contribution < 1.29 is 8.42 Å². The van der Waals surface area contributed by atoms with Crippen molar-refractivity contribution in [1.29, 1.82) is 0 Å². The number of rotatable bonds is 3. The third kappa shape index (κ3) is 3.70. The standard InChI is InChI=1S/C16H17ClN2O2S.ClH/c17-15-9-5-4-8-14(15)16-12-18-10-11-19(16)22(20,21)13-6-2-1-3-7-13;/h1-9,16,18H,10-12H2;1H. The summed E-state index contributed by atoms with van der Waals surface area (Å²) in [4.78, 5) is 0.314. The van der Waals surface area contributed by atoms with E-state index in [9.17, 15) is 8.42 Å². The molecule has 1 fully saturated rings. The van der Waals surface area contributed by atoms with Crippen molar-refractivity contribution in [3.63, 3.8) is 0 Å². The molecule has 0 aliphatic carbocycles. The van der Waals surface area contributed by atoms with Crippen molar-refractivity contribution >= 4 is 34.0 Å². The van der Waals surface area contributed by atoms with Crippen LogP contribution in [0.15, 0.2) is 59.5 Å². The van der Waals surface area contributed by atoms with Crippen LogP contribution in [0.4, 0.5) is 0 Å². The number of piperazine rings is 1. The monoisotopic (exact) mass is 372 g/mol. The molecule has 1 unspecified atom stereocenters. The smallest absolute Gasteiger partial charge is 0.243 e. The molecule has 1 aliphatic rings. The van der Waals surface area contributed by atoms with Gasteiger partial charge in [-0.15, -0.1) is 12.4 Å². The van der Waals surface area contributed by atoms with Gasteiger partial charge in [0.1, 0.15) is 0 Å². The first-order valence-electron chi connectivity index (χ1n) is 7.13. The molecular formula is C16H18Cl2N2O2S. The molecule has 1 heterocycles. The molecule has 1 atom stereocenters. The van der Waals surface area contributed by atoms with Crippen LogP contribution in [0.5, 0.6) is 0 Å². The van der Waals surface area contributed by atoms with Gasteiger partial charge in [-0.2, -0.15) is 4.31 Å². The second-order valence-electron chi connectivity index (χ2n) is 5.17. The van der Waals surface area contributed by atoms with Gasteiger partial charge in [0.15, 0.2) is 0 Å². The number of hydrogen-bond donors (Lipinski definition) is 1. The highest BCUT2D eigenvalue weighted by Gasteiger charge is 2.35. The predicted octanol–water partition coefficient (Wildman–Crippen LogP) is 3.10. The number of sulfonamides is 1. The summed E-state index contributed by atoms with van der Waals surface area (Å²) >= 11 is 6.27. The maximum atomic E-state index is 12.9. The van der Waals surface area contributed by atoms with E-state index >= 15 is 0 Å². The Morgan fingerprint density at radius 3 is 2.39 bits per heavy atom. The van der Waals surface area contributed by atoms with E-state index in [1.807, 2.05) is 24.3 Å². The van der Waals surface area contributed by atoms with Gasteiger partial charge in [0, 0.05) is 24.7 Å². The van der Waals surface area contributed by atoms with Gasteiger partial charge in [0.05, 0.1) is 10.9 Å². The van der Waals surface area contributed by atoms with Crippen molar-refractivity contribution in [3.05, 3.63) is 65.2 Å². The Morgan fingerprint density at radius 2 is 1.70 bits per heavy atom. The van der Waals surface area contributed by atoms with Crippen molar-refractivity contribution in [2.75, 3.05) is 19.6 Å². The minimum Gasteiger partial charge on any atom is -0.313 e. The van der Waals surface area contributed by atoms with Crippen molar-refractivity contribution in [1.82, 2.24) is 9.62 Å². The Bertz CT molecular complexity index is 754. The first-order chi connectivity index (χ1) is 10.6. The van der Waals surface area contributed by atoms with Crippen LogP contribution in [0.2, 0.25) is 5.02 Å². The normalized spacial score (nSPS) is 19.1. The lowest BCUT2D eigenvalue weighted by Crippen LogP contribution is -2.48. The van der Waals surface area contributed by atoms with E-state index in [0.29, 0.717) is 29.6 Å². The number of benzene rings is 2. The Balaban J connectivity index is 0.00000192. The van der Waals surface area contributed by atoms with E-state index in [-0.39, 0.29) is 18.4 Å². The zero-order valence-corrected chi connectivity index (χ0v) is 14.7. The second kappa shape index (κ2) is 7.64. The summed E-state index contributed by atoms with van der Waals surface area (Å²) in [6.07, 6.45) is 0. The van der Waals surface area contributed by atoms with Crippen LogP contribution in [0.1, 0.15) is 11.6 Å². The molecule has 0 bridgehead atoms. The summed E-state index contributed by atoms with van der Waals surface area (Å²) in [6, 6.07) is 15.6. The summed E-state index contributed by atoms with van der Waals surface area (Å²) < 4.78 is 27.4. The van der Waals surface area contributed by atoms with Gasteiger partial charge in [-0.25, -0.2) is 8.42 Å². The third-order valence-electron chi connectivity index (χ3n) is 3.81. The van der Waals surface area contributed by atoms with Crippen LogP contribution in [0.25, 0.3) is 0 Å². The fourth-order valence-corrected chi connectivity index (χ4v) is 4.60.